The molecule has 0 atom stereocenters. The van der Waals surface area contributed by atoms with E-state index in [1.165, 1.54) is 58.2 Å². The first-order chi connectivity index (χ1) is 10.7. The minimum absolute atomic E-state index is 0.720. The number of hydrogen-bond donors (Lipinski definition) is 1. The lowest BCUT2D eigenvalue weighted by molar-refractivity contribution is 0.205. The number of halogens is 1. The van der Waals surface area contributed by atoms with Gasteiger partial charge >= 0.3 is 0 Å². The van der Waals surface area contributed by atoms with Crippen LogP contribution in [0.3, 0.4) is 0 Å². The minimum atomic E-state index is 0.720. The summed E-state index contributed by atoms with van der Waals surface area (Å²) in [5, 5.41) is 0.720. The number of rotatable bonds is 4. The van der Waals surface area contributed by atoms with Crippen molar-refractivity contribution in [3.63, 3.8) is 0 Å². The zero-order chi connectivity index (χ0) is 15.4. The lowest BCUT2D eigenvalue weighted by Gasteiger charge is -2.35. The van der Waals surface area contributed by atoms with Crippen LogP contribution in [0, 0.1) is 5.92 Å². The minimum Gasteiger partial charge on any atom is -0.397 e. The Morgan fingerprint density at radius 1 is 1.05 bits per heavy atom. The van der Waals surface area contributed by atoms with E-state index >= 15 is 0 Å². The molecule has 2 fully saturated rings. The second-order valence-electron chi connectivity index (χ2n) is 6.82. The summed E-state index contributed by atoms with van der Waals surface area (Å²) in [6.07, 6.45) is 8.16. The maximum absolute atomic E-state index is 6.11. The Balaban J connectivity index is 1.45. The Hall–Kier alpha value is -0.930. The van der Waals surface area contributed by atoms with Gasteiger partial charge in [0.05, 0.1) is 11.4 Å². The largest absolute Gasteiger partial charge is 0.397 e. The van der Waals surface area contributed by atoms with Crippen LogP contribution in [0.15, 0.2) is 18.2 Å². The van der Waals surface area contributed by atoms with Crippen molar-refractivity contribution >= 4 is 23.0 Å². The molecule has 2 aliphatic heterocycles. The molecule has 0 spiro atoms. The molecule has 2 heterocycles. The van der Waals surface area contributed by atoms with E-state index in [1.54, 1.807) is 0 Å². The first-order valence-electron chi connectivity index (χ1n) is 8.75. The van der Waals surface area contributed by atoms with Crippen LogP contribution in [0.4, 0.5) is 11.4 Å². The van der Waals surface area contributed by atoms with Gasteiger partial charge in [-0.05, 0) is 75.9 Å². The van der Waals surface area contributed by atoms with Crippen molar-refractivity contribution in [2.45, 2.75) is 38.5 Å². The lowest BCUT2D eigenvalue weighted by Crippen LogP contribution is -2.36. The second-order valence-corrected chi connectivity index (χ2v) is 7.26. The fourth-order valence-corrected chi connectivity index (χ4v) is 4.00. The molecule has 3 rings (SSSR count). The standard InChI is InChI=1S/C18H28ClN3/c19-16-4-5-18(17(20)14-16)22-12-7-15(8-13-22)6-11-21-9-2-1-3-10-21/h4-5,14-15H,1-3,6-13,20H2. The zero-order valence-corrected chi connectivity index (χ0v) is 14.2. The molecule has 0 unspecified atom stereocenters. The van der Waals surface area contributed by atoms with Gasteiger partial charge in [0.25, 0.3) is 0 Å². The predicted molar refractivity (Wildman–Crippen MR) is 95.7 cm³/mol. The van der Waals surface area contributed by atoms with Gasteiger partial charge in [0.15, 0.2) is 0 Å². The monoisotopic (exact) mass is 321 g/mol. The van der Waals surface area contributed by atoms with E-state index in [2.05, 4.69) is 15.9 Å². The van der Waals surface area contributed by atoms with Crippen molar-refractivity contribution in [2.75, 3.05) is 43.4 Å². The van der Waals surface area contributed by atoms with Crippen LogP contribution in [0.25, 0.3) is 0 Å². The van der Waals surface area contributed by atoms with E-state index in [0.29, 0.717) is 0 Å². The maximum Gasteiger partial charge on any atom is 0.0600 e. The molecular formula is C18H28ClN3. The van der Waals surface area contributed by atoms with E-state index in [0.717, 1.165) is 35.4 Å². The van der Waals surface area contributed by atoms with Crippen molar-refractivity contribution in [3.8, 4) is 0 Å². The number of benzene rings is 1. The van der Waals surface area contributed by atoms with Crippen molar-refractivity contribution < 1.29 is 0 Å². The predicted octanol–water partition coefficient (Wildman–Crippen LogP) is 4.01. The molecule has 2 saturated heterocycles. The first-order valence-corrected chi connectivity index (χ1v) is 9.12. The van der Waals surface area contributed by atoms with Gasteiger partial charge in [-0.15, -0.1) is 0 Å². The maximum atomic E-state index is 6.11. The number of likely N-dealkylation sites (tertiary alicyclic amines) is 1. The summed E-state index contributed by atoms with van der Waals surface area (Å²) in [7, 11) is 0. The number of anilines is 2. The Labute approximate surface area is 139 Å². The summed E-state index contributed by atoms with van der Waals surface area (Å²) in [5.74, 6) is 0.881. The zero-order valence-electron chi connectivity index (χ0n) is 13.4. The highest BCUT2D eigenvalue weighted by Crippen LogP contribution is 2.31. The summed E-state index contributed by atoms with van der Waals surface area (Å²) in [6.45, 7) is 6.18. The van der Waals surface area contributed by atoms with Crippen LogP contribution in [0.1, 0.15) is 38.5 Å². The normalized spacial score (nSPS) is 21.2. The van der Waals surface area contributed by atoms with E-state index in [4.69, 9.17) is 17.3 Å². The van der Waals surface area contributed by atoms with Crippen molar-refractivity contribution in [1.29, 1.82) is 0 Å². The smallest absolute Gasteiger partial charge is 0.0600 e. The second kappa shape index (κ2) is 7.56. The highest BCUT2D eigenvalue weighted by Gasteiger charge is 2.21. The molecule has 4 heteroatoms. The Morgan fingerprint density at radius 2 is 1.77 bits per heavy atom. The van der Waals surface area contributed by atoms with Crippen LogP contribution in [-0.2, 0) is 0 Å². The molecule has 1 aromatic carbocycles. The molecule has 0 saturated carbocycles. The Bertz CT molecular complexity index is 477. The fraction of sp³-hybridized carbons (Fsp3) is 0.667. The van der Waals surface area contributed by atoms with Gasteiger partial charge in [-0.2, -0.15) is 0 Å². The third-order valence-corrected chi connectivity index (χ3v) is 5.48. The van der Waals surface area contributed by atoms with Gasteiger partial charge in [0, 0.05) is 18.1 Å². The van der Waals surface area contributed by atoms with Crippen LogP contribution < -0.4 is 10.6 Å². The first kappa shape index (κ1) is 15.9. The van der Waals surface area contributed by atoms with Crippen molar-refractivity contribution in [1.82, 2.24) is 4.90 Å². The summed E-state index contributed by atoms with van der Waals surface area (Å²) in [4.78, 5) is 5.08. The van der Waals surface area contributed by atoms with Crippen molar-refractivity contribution in [2.24, 2.45) is 5.92 Å². The SMILES string of the molecule is Nc1cc(Cl)ccc1N1CCC(CCN2CCCCC2)CC1. The molecule has 122 valence electrons. The van der Waals surface area contributed by atoms with Crippen LogP contribution in [-0.4, -0.2) is 37.6 Å². The highest BCUT2D eigenvalue weighted by molar-refractivity contribution is 6.31. The van der Waals surface area contributed by atoms with Gasteiger partial charge in [-0.1, -0.05) is 18.0 Å². The highest BCUT2D eigenvalue weighted by atomic mass is 35.5. The van der Waals surface area contributed by atoms with E-state index in [9.17, 15) is 0 Å². The molecule has 2 N–H and O–H groups in total. The van der Waals surface area contributed by atoms with Gasteiger partial charge in [0.1, 0.15) is 0 Å². The molecule has 0 radical (unpaired) electrons. The van der Waals surface area contributed by atoms with Crippen LogP contribution in [0.2, 0.25) is 5.02 Å². The summed E-state index contributed by atoms with van der Waals surface area (Å²) in [5.41, 5.74) is 8.07. The Morgan fingerprint density at radius 3 is 2.45 bits per heavy atom. The summed E-state index contributed by atoms with van der Waals surface area (Å²) in [6, 6.07) is 5.86. The number of nitrogens with zero attached hydrogens (tertiary/aromatic N) is 2. The quantitative estimate of drug-likeness (QED) is 0.850. The third kappa shape index (κ3) is 4.08. The molecular weight excluding hydrogens is 294 g/mol. The molecule has 3 nitrogen and oxygen atoms in total. The number of nitrogen functional groups attached to an aromatic ring is 1. The van der Waals surface area contributed by atoms with Gasteiger partial charge in [0.2, 0.25) is 0 Å². The van der Waals surface area contributed by atoms with Gasteiger partial charge < -0.3 is 15.5 Å². The van der Waals surface area contributed by atoms with Gasteiger partial charge in [-0.25, -0.2) is 0 Å². The summed E-state index contributed by atoms with van der Waals surface area (Å²) >= 11 is 5.99. The Kier molecular flexibility index (Phi) is 5.48. The van der Waals surface area contributed by atoms with Crippen LogP contribution >= 0.6 is 11.6 Å². The number of hydrogen-bond acceptors (Lipinski definition) is 3. The lowest BCUT2D eigenvalue weighted by atomic mass is 9.92. The van der Waals surface area contributed by atoms with E-state index in [1.807, 2.05) is 12.1 Å². The molecule has 0 aliphatic carbocycles. The number of nitrogens with two attached hydrogens (primary N) is 1. The third-order valence-electron chi connectivity index (χ3n) is 5.25. The van der Waals surface area contributed by atoms with Crippen molar-refractivity contribution in [3.05, 3.63) is 23.2 Å². The fourth-order valence-electron chi connectivity index (χ4n) is 3.82. The molecule has 22 heavy (non-hydrogen) atoms. The molecule has 0 amide bonds. The molecule has 0 bridgehead atoms. The van der Waals surface area contributed by atoms with E-state index in [-0.39, 0.29) is 0 Å². The summed E-state index contributed by atoms with van der Waals surface area (Å²) < 4.78 is 0. The van der Waals surface area contributed by atoms with E-state index < -0.39 is 0 Å². The van der Waals surface area contributed by atoms with Crippen LogP contribution in [0.5, 0.6) is 0 Å². The molecule has 2 aliphatic rings. The topological polar surface area (TPSA) is 32.5 Å². The van der Waals surface area contributed by atoms with Gasteiger partial charge in [-0.3, -0.25) is 0 Å². The average Bonchev–Trinajstić information content (AvgIpc) is 2.55. The molecule has 1 aromatic rings. The average molecular weight is 322 g/mol. The molecule has 0 aromatic heterocycles. The number of piperidine rings is 2.